The summed E-state index contributed by atoms with van der Waals surface area (Å²) in [5.74, 6) is 1.23. The summed E-state index contributed by atoms with van der Waals surface area (Å²) in [5.41, 5.74) is 1.72. The number of amides is 1. The van der Waals surface area contributed by atoms with Crippen LogP contribution in [0.1, 0.15) is 11.3 Å². The number of benzene rings is 2. The van der Waals surface area contributed by atoms with Crippen LogP contribution in [0.5, 0.6) is 0 Å². The molecule has 32 heavy (non-hydrogen) atoms. The summed E-state index contributed by atoms with van der Waals surface area (Å²) in [4.78, 5) is 14.3. The second-order valence-corrected chi connectivity index (χ2v) is 8.52. The Morgan fingerprint density at radius 2 is 1.88 bits per heavy atom. The molecule has 0 fully saturated rings. The van der Waals surface area contributed by atoms with E-state index in [1.807, 2.05) is 28.8 Å². The van der Waals surface area contributed by atoms with E-state index in [9.17, 15) is 9.18 Å². The summed E-state index contributed by atoms with van der Waals surface area (Å²) in [5, 5.41) is 9.89. The minimum atomic E-state index is -0.300. The van der Waals surface area contributed by atoms with Gasteiger partial charge in [-0.1, -0.05) is 35.5 Å². The van der Waals surface area contributed by atoms with Crippen molar-refractivity contribution in [1.82, 2.24) is 19.7 Å². The molecule has 0 spiro atoms. The van der Waals surface area contributed by atoms with Crippen molar-refractivity contribution in [2.45, 2.75) is 18.2 Å². The molecule has 4 aromatic rings. The molecule has 164 valence electrons. The van der Waals surface area contributed by atoms with Gasteiger partial charge in [-0.05, 0) is 54.1 Å². The van der Waals surface area contributed by atoms with Crippen molar-refractivity contribution < 1.29 is 13.6 Å². The molecule has 4 rings (SSSR count). The number of hydrogen-bond acceptors (Lipinski definition) is 5. The van der Waals surface area contributed by atoms with Gasteiger partial charge in [-0.3, -0.25) is 9.36 Å². The summed E-state index contributed by atoms with van der Waals surface area (Å²) < 4.78 is 20.5. The zero-order valence-corrected chi connectivity index (χ0v) is 18.8. The quantitative estimate of drug-likeness (QED) is 0.334. The topological polar surface area (TPSA) is 64.2 Å². The predicted molar refractivity (Wildman–Crippen MR) is 122 cm³/mol. The van der Waals surface area contributed by atoms with Gasteiger partial charge in [-0.2, -0.15) is 0 Å². The summed E-state index contributed by atoms with van der Waals surface area (Å²) in [6.45, 7) is 0.828. The normalized spacial score (nSPS) is 11.0. The van der Waals surface area contributed by atoms with Crippen molar-refractivity contribution in [2.24, 2.45) is 0 Å². The number of carbonyl (C=O) groups excluding carboxylic acids is 1. The lowest BCUT2D eigenvalue weighted by Crippen LogP contribution is -2.27. The SMILES string of the molecule is CN(Cc1ccc(F)cc1)C(=O)CSc1nnc(-c2ccc(Cl)cc2)n1Cc1ccco1. The van der Waals surface area contributed by atoms with Gasteiger partial charge >= 0.3 is 0 Å². The maximum Gasteiger partial charge on any atom is 0.233 e. The molecule has 2 heterocycles. The highest BCUT2D eigenvalue weighted by atomic mass is 35.5. The van der Waals surface area contributed by atoms with Crippen molar-refractivity contribution in [3.63, 3.8) is 0 Å². The molecule has 0 unspecified atom stereocenters. The van der Waals surface area contributed by atoms with E-state index in [2.05, 4.69) is 10.2 Å². The average molecular weight is 471 g/mol. The van der Waals surface area contributed by atoms with E-state index in [1.165, 1.54) is 23.9 Å². The van der Waals surface area contributed by atoms with Gasteiger partial charge in [0.2, 0.25) is 5.91 Å². The van der Waals surface area contributed by atoms with Crippen LogP contribution in [0, 0.1) is 5.82 Å². The van der Waals surface area contributed by atoms with Crippen molar-refractivity contribution in [1.29, 1.82) is 0 Å². The van der Waals surface area contributed by atoms with Crippen molar-refractivity contribution in [3.05, 3.63) is 89.1 Å². The lowest BCUT2D eigenvalue weighted by Gasteiger charge is -2.17. The molecule has 6 nitrogen and oxygen atoms in total. The Labute approximate surface area is 194 Å². The van der Waals surface area contributed by atoms with Crippen LogP contribution in [0.3, 0.4) is 0 Å². The molecular weight excluding hydrogens is 451 g/mol. The molecule has 0 aliphatic heterocycles. The van der Waals surface area contributed by atoms with Crippen LogP contribution < -0.4 is 0 Å². The van der Waals surface area contributed by atoms with Crippen LogP contribution in [0.4, 0.5) is 4.39 Å². The van der Waals surface area contributed by atoms with Gasteiger partial charge in [-0.25, -0.2) is 4.39 Å². The molecule has 0 saturated carbocycles. The first kappa shape index (κ1) is 22.1. The minimum absolute atomic E-state index is 0.0695. The van der Waals surface area contributed by atoms with E-state index in [-0.39, 0.29) is 17.5 Å². The largest absolute Gasteiger partial charge is 0.467 e. The van der Waals surface area contributed by atoms with Gasteiger partial charge in [0.25, 0.3) is 0 Å². The highest BCUT2D eigenvalue weighted by molar-refractivity contribution is 7.99. The maximum absolute atomic E-state index is 13.1. The van der Waals surface area contributed by atoms with E-state index in [0.29, 0.717) is 29.1 Å². The molecule has 0 radical (unpaired) electrons. The molecule has 2 aromatic carbocycles. The molecular formula is C23H20ClFN4O2S. The van der Waals surface area contributed by atoms with Gasteiger partial charge < -0.3 is 9.32 Å². The first-order valence-electron chi connectivity index (χ1n) is 9.82. The lowest BCUT2D eigenvalue weighted by molar-refractivity contribution is -0.127. The Kier molecular flexibility index (Phi) is 6.92. The molecule has 0 aliphatic carbocycles. The second kappa shape index (κ2) is 10.0. The predicted octanol–water partition coefficient (Wildman–Crippen LogP) is 5.13. The van der Waals surface area contributed by atoms with Crippen LogP contribution in [0.2, 0.25) is 5.02 Å². The van der Waals surface area contributed by atoms with Crippen LogP contribution in [0.15, 0.2) is 76.5 Å². The molecule has 0 aliphatic rings. The van der Waals surface area contributed by atoms with Crippen molar-refractivity contribution in [3.8, 4) is 11.4 Å². The molecule has 0 saturated heterocycles. The number of nitrogens with zero attached hydrogens (tertiary/aromatic N) is 4. The Morgan fingerprint density at radius 1 is 1.12 bits per heavy atom. The van der Waals surface area contributed by atoms with E-state index in [1.54, 1.807) is 42.5 Å². The van der Waals surface area contributed by atoms with Crippen molar-refractivity contribution in [2.75, 3.05) is 12.8 Å². The van der Waals surface area contributed by atoms with Crippen LogP contribution in [0.25, 0.3) is 11.4 Å². The lowest BCUT2D eigenvalue weighted by atomic mass is 10.2. The number of thioether (sulfide) groups is 1. The minimum Gasteiger partial charge on any atom is -0.467 e. The highest BCUT2D eigenvalue weighted by Gasteiger charge is 2.18. The molecule has 1 amide bonds. The van der Waals surface area contributed by atoms with E-state index >= 15 is 0 Å². The fraction of sp³-hybridized carbons (Fsp3) is 0.174. The van der Waals surface area contributed by atoms with Gasteiger partial charge in [0.1, 0.15) is 11.6 Å². The van der Waals surface area contributed by atoms with Crippen molar-refractivity contribution >= 4 is 29.3 Å². The van der Waals surface area contributed by atoms with E-state index in [4.69, 9.17) is 16.0 Å². The number of carbonyl (C=O) groups is 1. The molecule has 9 heteroatoms. The maximum atomic E-state index is 13.1. The zero-order valence-electron chi connectivity index (χ0n) is 17.2. The van der Waals surface area contributed by atoms with Crippen LogP contribution in [-0.4, -0.2) is 38.4 Å². The van der Waals surface area contributed by atoms with E-state index < -0.39 is 0 Å². The van der Waals surface area contributed by atoms with Gasteiger partial charge in [0, 0.05) is 24.2 Å². The Bertz CT molecular complexity index is 1180. The van der Waals surface area contributed by atoms with Gasteiger partial charge in [0.05, 0.1) is 18.6 Å². The van der Waals surface area contributed by atoms with E-state index in [0.717, 1.165) is 16.9 Å². The third-order valence-corrected chi connectivity index (χ3v) is 6.00. The molecule has 2 aromatic heterocycles. The van der Waals surface area contributed by atoms with Crippen LogP contribution >= 0.6 is 23.4 Å². The third kappa shape index (κ3) is 5.38. The summed E-state index contributed by atoms with van der Waals surface area (Å²) in [6, 6.07) is 17.2. The summed E-state index contributed by atoms with van der Waals surface area (Å²) >= 11 is 7.32. The Hall–Kier alpha value is -3.10. The number of furan rings is 1. The summed E-state index contributed by atoms with van der Waals surface area (Å²) in [7, 11) is 1.72. The molecule has 0 bridgehead atoms. The van der Waals surface area contributed by atoms with Gasteiger partial charge in [-0.15, -0.1) is 10.2 Å². The molecule has 0 atom stereocenters. The summed E-state index contributed by atoms with van der Waals surface area (Å²) in [6.07, 6.45) is 1.61. The Balaban J connectivity index is 1.49. The smallest absolute Gasteiger partial charge is 0.233 e. The number of halogens is 2. The number of aromatic nitrogens is 3. The van der Waals surface area contributed by atoms with Crippen LogP contribution in [-0.2, 0) is 17.9 Å². The first-order chi connectivity index (χ1) is 15.5. The zero-order chi connectivity index (χ0) is 22.5. The first-order valence-corrected chi connectivity index (χ1v) is 11.2. The molecule has 0 N–H and O–H groups in total. The average Bonchev–Trinajstić information content (AvgIpc) is 3.45. The van der Waals surface area contributed by atoms with Gasteiger partial charge in [0.15, 0.2) is 11.0 Å². The standard InChI is InChI=1S/C23H20ClFN4O2S/c1-28(13-16-4-10-19(25)11-5-16)21(30)15-32-23-27-26-22(17-6-8-18(24)9-7-17)29(23)14-20-3-2-12-31-20/h2-12H,13-15H2,1H3. The number of rotatable bonds is 8. The second-order valence-electron chi connectivity index (χ2n) is 7.14. The third-order valence-electron chi connectivity index (χ3n) is 4.80. The monoisotopic (exact) mass is 470 g/mol. The fourth-order valence-corrected chi connectivity index (χ4v) is 4.10. The Morgan fingerprint density at radius 3 is 2.56 bits per heavy atom. The highest BCUT2D eigenvalue weighted by Crippen LogP contribution is 2.26. The number of hydrogen-bond donors (Lipinski definition) is 0. The fourth-order valence-electron chi connectivity index (χ4n) is 3.10.